The standard InChI is InChI=1S/C23H28N6O2/c1-17-12-18(2)29(27-17)22-9-8-20(13-24-22)26-23(30)25-14-21-16-28(10-11-31-21)15-19-6-4-3-5-7-19/h3-9,12-13,21H,10-11,14-16H2,1-2H3,(H2,25,26,30)/t21-/m1/s1. The number of aryl methyl sites for hydroxylation is 2. The highest BCUT2D eigenvalue weighted by Crippen LogP contribution is 2.13. The first kappa shape index (κ1) is 21.0. The summed E-state index contributed by atoms with van der Waals surface area (Å²) in [5.41, 5.74) is 3.86. The lowest BCUT2D eigenvalue weighted by Crippen LogP contribution is -2.47. The van der Waals surface area contributed by atoms with Crippen LogP contribution in [0.1, 0.15) is 17.0 Å². The van der Waals surface area contributed by atoms with Crippen LogP contribution in [0.2, 0.25) is 0 Å². The molecule has 1 aliphatic rings. The predicted octanol–water partition coefficient (Wildman–Crippen LogP) is 2.91. The molecule has 8 nitrogen and oxygen atoms in total. The smallest absolute Gasteiger partial charge is 0.319 e. The van der Waals surface area contributed by atoms with Gasteiger partial charge in [-0.2, -0.15) is 5.10 Å². The van der Waals surface area contributed by atoms with Crippen molar-refractivity contribution in [2.24, 2.45) is 0 Å². The summed E-state index contributed by atoms with van der Waals surface area (Å²) in [5, 5.41) is 10.1. The molecule has 0 bridgehead atoms. The number of benzene rings is 1. The number of carbonyl (C=O) groups is 1. The van der Waals surface area contributed by atoms with Crippen LogP contribution in [0.25, 0.3) is 5.82 Å². The number of nitrogens with zero attached hydrogens (tertiary/aromatic N) is 4. The number of amides is 2. The molecular weight excluding hydrogens is 392 g/mol. The van der Waals surface area contributed by atoms with Gasteiger partial charge in [-0.25, -0.2) is 14.5 Å². The zero-order valence-corrected chi connectivity index (χ0v) is 17.9. The fraction of sp³-hybridized carbons (Fsp3) is 0.348. The van der Waals surface area contributed by atoms with Crippen LogP contribution in [0.15, 0.2) is 54.7 Å². The van der Waals surface area contributed by atoms with Crippen molar-refractivity contribution >= 4 is 11.7 Å². The molecule has 8 heteroatoms. The molecule has 2 aromatic heterocycles. The van der Waals surface area contributed by atoms with E-state index in [2.05, 4.69) is 49.9 Å². The molecule has 1 fully saturated rings. The zero-order valence-electron chi connectivity index (χ0n) is 17.9. The number of anilines is 1. The molecule has 3 heterocycles. The van der Waals surface area contributed by atoms with Crippen molar-refractivity contribution in [3.05, 3.63) is 71.7 Å². The summed E-state index contributed by atoms with van der Waals surface area (Å²) in [6.07, 6.45) is 1.60. The highest BCUT2D eigenvalue weighted by Gasteiger charge is 2.21. The van der Waals surface area contributed by atoms with E-state index >= 15 is 0 Å². The molecule has 2 amide bonds. The van der Waals surface area contributed by atoms with E-state index in [0.29, 0.717) is 24.7 Å². The van der Waals surface area contributed by atoms with Crippen molar-refractivity contribution in [3.8, 4) is 5.82 Å². The Morgan fingerprint density at radius 1 is 1.19 bits per heavy atom. The molecule has 1 saturated heterocycles. The van der Waals surface area contributed by atoms with Crippen LogP contribution < -0.4 is 10.6 Å². The van der Waals surface area contributed by atoms with Crippen LogP contribution in [0.3, 0.4) is 0 Å². The third-order valence-corrected chi connectivity index (χ3v) is 5.19. The van der Waals surface area contributed by atoms with Gasteiger partial charge < -0.3 is 15.4 Å². The van der Waals surface area contributed by atoms with Gasteiger partial charge in [-0.05, 0) is 37.6 Å². The predicted molar refractivity (Wildman–Crippen MR) is 119 cm³/mol. The highest BCUT2D eigenvalue weighted by molar-refractivity contribution is 5.89. The molecule has 3 aromatic rings. The molecule has 0 saturated carbocycles. The molecule has 1 atom stereocenters. The van der Waals surface area contributed by atoms with Gasteiger partial charge in [-0.1, -0.05) is 30.3 Å². The van der Waals surface area contributed by atoms with Crippen molar-refractivity contribution in [2.75, 3.05) is 31.6 Å². The van der Waals surface area contributed by atoms with Gasteiger partial charge in [-0.15, -0.1) is 0 Å². The van der Waals surface area contributed by atoms with E-state index in [9.17, 15) is 4.79 Å². The van der Waals surface area contributed by atoms with Crippen LogP contribution in [-0.2, 0) is 11.3 Å². The second kappa shape index (κ2) is 9.72. The number of hydrogen-bond donors (Lipinski definition) is 2. The number of aromatic nitrogens is 3. The van der Waals surface area contributed by atoms with E-state index in [-0.39, 0.29) is 12.1 Å². The highest BCUT2D eigenvalue weighted by atomic mass is 16.5. The number of nitrogens with one attached hydrogen (secondary N) is 2. The van der Waals surface area contributed by atoms with Gasteiger partial charge in [0, 0.05) is 31.9 Å². The third-order valence-electron chi connectivity index (χ3n) is 5.19. The fourth-order valence-electron chi connectivity index (χ4n) is 3.72. The van der Waals surface area contributed by atoms with E-state index in [0.717, 1.165) is 31.0 Å². The Balaban J connectivity index is 1.25. The summed E-state index contributed by atoms with van der Waals surface area (Å²) < 4.78 is 7.60. The number of hydrogen-bond acceptors (Lipinski definition) is 5. The largest absolute Gasteiger partial charge is 0.374 e. The van der Waals surface area contributed by atoms with Crippen LogP contribution in [-0.4, -0.2) is 58.0 Å². The van der Waals surface area contributed by atoms with Crippen molar-refractivity contribution in [3.63, 3.8) is 0 Å². The summed E-state index contributed by atoms with van der Waals surface area (Å²) in [6.45, 7) is 7.61. The van der Waals surface area contributed by atoms with Gasteiger partial charge in [-0.3, -0.25) is 4.90 Å². The molecule has 162 valence electrons. The molecule has 31 heavy (non-hydrogen) atoms. The minimum absolute atomic E-state index is 0.0326. The van der Waals surface area contributed by atoms with Crippen molar-refractivity contribution in [2.45, 2.75) is 26.5 Å². The Morgan fingerprint density at radius 2 is 2.03 bits per heavy atom. The Hall–Kier alpha value is -3.23. The SMILES string of the molecule is Cc1cc(C)n(-c2ccc(NC(=O)NC[C@@H]3CN(Cc4ccccc4)CCO3)cn2)n1. The maximum Gasteiger partial charge on any atom is 0.319 e. The lowest BCUT2D eigenvalue weighted by Gasteiger charge is -2.33. The first-order valence-corrected chi connectivity index (χ1v) is 10.5. The average molecular weight is 421 g/mol. The van der Waals surface area contributed by atoms with Crippen molar-refractivity contribution in [1.82, 2.24) is 25.0 Å². The van der Waals surface area contributed by atoms with Gasteiger partial charge in [0.25, 0.3) is 0 Å². The maximum atomic E-state index is 12.3. The lowest BCUT2D eigenvalue weighted by atomic mass is 10.2. The Kier molecular flexibility index (Phi) is 6.59. The van der Waals surface area contributed by atoms with Gasteiger partial charge in [0.2, 0.25) is 0 Å². The molecule has 2 N–H and O–H groups in total. The number of morpholine rings is 1. The summed E-state index contributed by atoms with van der Waals surface area (Å²) in [6, 6.07) is 15.8. The second-order valence-corrected chi connectivity index (χ2v) is 7.79. The third kappa shape index (κ3) is 5.68. The van der Waals surface area contributed by atoms with Crippen LogP contribution in [0.4, 0.5) is 10.5 Å². The van der Waals surface area contributed by atoms with Crippen LogP contribution in [0, 0.1) is 13.8 Å². The minimum atomic E-state index is -0.274. The van der Waals surface area contributed by atoms with Gasteiger partial charge >= 0.3 is 6.03 Å². The Labute approximate surface area is 182 Å². The van der Waals surface area contributed by atoms with Crippen molar-refractivity contribution < 1.29 is 9.53 Å². The summed E-state index contributed by atoms with van der Waals surface area (Å²) in [5.74, 6) is 0.714. The van der Waals surface area contributed by atoms with E-state index < -0.39 is 0 Å². The fourth-order valence-corrected chi connectivity index (χ4v) is 3.72. The van der Waals surface area contributed by atoms with E-state index in [1.807, 2.05) is 38.1 Å². The topological polar surface area (TPSA) is 84.3 Å². The quantitative estimate of drug-likeness (QED) is 0.641. The minimum Gasteiger partial charge on any atom is -0.374 e. The van der Waals surface area contributed by atoms with Gasteiger partial charge in [0.05, 0.1) is 30.3 Å². The molecule has 1 aliphatic heterocycles. The summed E-state index contributed by atoms with van der Waals surface area (Å²) >= 11 is 0. The molecule has 0 spiro atoms. The van der Waals surface area contributed by atoms with Crippen LogP contribution in [0.5, 0.6) is 0 Å². The van der Waals surface area contributed by atoms with E-state index in [4.69, 9.17) is 4.74 Å². The molecule has 0 radical (unpaired) electrons. The Bertz CT molecular complexity index is 1000. The number of carbonyl (C=O) groups excluding carboxylic acids is 1. The second-order valence-electron chi connectivity index (χ2n) is 7.79. The maximum absolute atomic E-state index is 12.3. The van der Waals surface area contributed by atoms with E-state index in [1.54, 1.807) is 10.9 Å². The molecule has 0 aliphatic carbocycles. The van der Waals surface area contributed by atoms with Gasteiger partial charge in [0.15, 0.2) is 5.82 Å². The average Bonchev–Trinajstić information content (AvgIpc) is 3.12. The lowest BCUT2D eigenvalue weighted by molar-refractivity contribution is -0.0285. The summed E-state index contributed by atoms with van der Waals surface area (Å²) in [4.78, 5) is 19.1. The molecular formula is C23H28N6O2. The zero-order chi connectivity index (χ0) is 21.6. The van der Waals surface area contributed by atoms with E-state index in [1.165, 1.54) is 5.56 Å². The first-order chi connectivity index (χ1) is 15.1. The molecule has 4 rings (SSSR count). The first-order valence-electron chi connectivity index (χ1n) is 10.5. The number of ether oxygens (including phenoxy) is 1. The van der Waals surface area contributed by atoms with Crippen LogP contribution >= 0.6 is 0 Å². The van der Waals surface area contributed by atoms with Gasteiger partial charge in [0.1, 0.15) is 0 Å². The summed E-state index contributed by atoms with van der Waals surface area (Å²) in [7, 11) is 0. The number of rotatable bonds is 6. The monoisotopic (exact) mass is 420 g/mol. The number of pyridine rings is 1. The number of urea groups is 1. The molecule has 0 unspecified atom stereocenters. The van der Waals surface area contributed by atoms with Crippen molar-refractivity contribution in [1.29, 1.82) is 0 Å². The molecule has 1 aromatic carbocycles. The Morgan fingerprint density at radius 3 is 2.74 bits per heavy atom. The normalized spacial score (nSPS) is 16.8.